The first-order valence-corrected chi connectivity index (χ1v) is 11.6. The molecule has 1 aromatic heterocycles. The van der Waals surface area contributed by atoms with Crippen LogP contribution in [0.25, 0.3) is 22.2 Å². The molecular formula is C26H32F3N3O5. The van der Waals surface area contributed by atoms with Crippen molar-refractivity contribution < 1.29 is 37.3 Å². The normalized spacial score (nSPS) is 14.8. The molecule has 0 aliphatic rings. The van der Waals surface area contributed by atoms with Gasteiger partial charge in [0.05, 0.1) is 11.2 Å². The van der Waals surface area contributed by atoms with Crippen molar-refractivity contribution in [1.29, 1.82) is 0 Å². The number of ether oxygens (including phenoxy) is 3. The van der Waals surface area contributed by atoms with Crippen LogP contribution in [0.3, 0.4) is 0 Å². The molecule has 3 aromatic rings. The molecule has 11 heteroatoms. The lowest BCUT2D eigenvalue weighted by molar-refractivity contribution is -0.274. The van der Waals surface area contributed by atoms with E-state index in [2.05, 4.69) is 4.74 Å². The van der Waals surface area contributed by atoms with Gasteiger partial charge in [-0.25, -0.2) is 0 Å². The van der Waals surface area contributed by atoms with Crippen LogP contribution in [0.4, 0.5) is 13.2 Å². The number of para-hydroxylation sites is 1. The number of aliphatic hydroxyl groups is 1. The number of halogens is 3. The number of fused-ring (bicyclic) bond motifs is 1. The molecule has 0 radical (unpaired) electrons. The number of carbonyl (C=O) groups is 1. The molecule has 8 nitrogen and oxygen atoms in total. The Kier molecular flexibility index (Phi) is 8.11. The van der Waals surface area contributed by atoms with Crippen LogP contribution in [0.2, 0.25) is 0 Å². The van der Waals surface area contributed by atoms with Gasteiger partial charge in [-0.15, -0.1) is 13.2 Å². The minimum absolute atomic E-state index is 0.165. The average molecular weight is 524 g/mol. The van der Waals surface area contributed by atoms with E-state index in [1.165, 1.54) is 19.1 Å². The molecule has 2 aromatic carbocycles. The van der Waals surface area contributed by atoms with Crippen LogP contribution in [-0.4, -0.2) is 52.4 Å². The Labute approximate surface area is 212 Å². The van der Waals surface area contributed by atoms with Crippen LogP contribution >= 0.6 is 0 Å². The molecule has 1 heterocycles. The van der Waals surface area contributed by atoms with E-state index in [1.807, 2.05) is 0 Å². The first-order valence-electron chi connectivity index (χ1n) is 11.6. The molecule has 202 valence electrons. The van der Waals surface area contributed by atoms with Crippen molar-refractivity contribution in [3.8, 4) is 22.8 Å². The van der Waals surface area contributed by atoms with Gasteiger partial charge < -0.3 is 35.4 Å². The predicted octanol–water partition coefficient (Wildman–Crippen LogP) is 3.87. The standard InChI is InChI=1S/C26H32F3N3O5/c1-24(2,30)15-25(3,31)23(34)36-14-17(33)13-35-18-10-9-16-11-21(32(4)20(16)12-18)19-7-5-6-8-22(19)37-26(27,28)29/h5-12,17,33H,13-15,30-31H2,1-4H3. The number of nitrogens with two attached hydrogens (primary N) is 2. The lowest BCUT2D eigenvalue weighted by Crippen LogP contribution is -2.53. The summed E-state index contributed by atoms with van der Waals surface area (Å²) in [5.41, 5.74) is 11.5. The number of esters is 1. The quantitative estimate of drug-likeness (QED) is 0.345. The molecule has 0 fully saturated rings. The van der Waals surface area contributed by atoms with Crippen LogP contribution in [0.15, 0.2) is 48.5 Å². The Morgan fingerprint density at radius 1 is 1.05 bits per heavy atom. The highest BCUT2D eigenvalue weighted by molar-refractivity contribution is 5.89. The molecule has 3 rings (SSSR count). The van der Waals surface area contributed by atoms with E-state index in [4.69, 9.17) is 20.9 Å². The highest BCUT2D eigenvalue weighted by Gasteiger charge is 2.35. The molecule has 0 aliphatic heterocycles. The predicted molar refractivity (Wildman–Crippen MR) is 133 cm³/mol. The minimum atomic E-state index is -4.82. The zero-order valence-electron chi connectivity index (χ0n) is 21.1. The Morgan fingerprint density at radius 3 is 2.38 bits per heavy atom. The summed E-state index contributed by atoms with van der Waals surface area (Å²) < 4.78 is 55.3. The molecule has 2 atom stereocenters. The van der Waals surface area contributed by atoms with Gasteiger partial charge in [-0.3, -0.25) is 4.79 Å². The Bertz CT molecular complexity index is 1250. The lowest BCUT2D eigenvalue weighted by Gasteiger charge is -2.30. The highest BCUT2D eigenvalue weighted by Crippen LogP contribution is 2.37. The van der Waals surface area contributed by atoms with Gasteiger partial charge in [0.15, 0.2) is 0 Å². The number of aryl methyl sites for hydroxylation is 1. The van der Waals surface area contributed by atoms with E-state index >= 15 is 0 Å². The number of hydrogen-bond acceptors (Lipinski definition) is 7. The van der Waals surface area contributed by atoms with E-state index < -0.39 is 29.5 Å². The molecule has 0 saturated heterocycles. The zero-order chi connectivity index (χ0) is 27.6. The van der Waals surface area contributed by atoms with Crippen LogP contribution in [0.1, 0.15) is 27.2 Å². The second-order valence-corrected chi connectivity index (χ2v) is 10.00. The minimum Gasteiger partial charge on any atom is -0.491 e. The number of rotatable bonds is 10. The van der Waals surface area contributed by atoms with Gasteiger partial charge in [0, 0.05) is 29.6 Å². The Morgan fingerprint density at radius 2 is 1.73 bits per heavy atom. The Balaban J connectivity index is 1.68. The van der Waals surface area contributed by atoms with Crippen molar-refractivity contribution in [2.45, 2.75) is 50.7 Å². The van der Waals surface area contributed by atoms with E-state index in [9.17, 15) is 23.1 Å². The molecule has 37 heavy (non-hydrogen) atoms. The van der Waals surface area contributed by atoms with Gasteiger partial charge in [-0.2, -0.15) is 0 Å². The fourth-order valence-corrected chi connectivity index (χ4v) is 4.15. The zero-order valence-corrected chi connectivity index (χ0v) is 21.1. The third kappa shape index (κ3) is 7.61. The maximum absolute atomic E-state index is 12.9. The molecule has 5 N–H and O–H groups in total. The van der Waals surface area contributed by atoms with Gasteiger partial charge in [-0.1, -0.05) is 12.1 Å². The monoisotopic (exact) mass is 523 g/mol. The summed E-state index contributed by atoms with van der Waals surface area (Å²) in [6.45, 7) is 4.53. The number of carbonyl (C=O) groups excluding carboxylic acids is 1. The first-order chi connectivity index (χ1) is 17.1. The van der Waals surface area contributed by atoms with Crippen molar-refractivity contribution in [2.75, 3.05) is 13.2 Å². The van der Waals surface area contributed by atoms with Gasteiger partial charge in [0.25, 0.3) is 0 Å². The fraction of sp³-hybridized carbons (Fsp3) is 0.423. The molecule has 0 aliphatic carbocycles. The molecule has 0 spiro atoms. The van der Waals surface area contributed by atoms with Gasteiger partial charge in [0.1, 0.15) is 36.4 Å². The van der Waals surface area contributed by atoms with Gasteiger partial charge in [0.2, 0.25) is 0 Å². The number of alkyl halides is 3. The summed E-state index contributed by atoms with van der Waals surface area (Å²) in [5.74, 6) is -0.574. The van der Waals surface area contributed by atoms with Crippen LogP contribution in [0, 0.1) is 0 Å². The molecular weight excluding hydrogens is 491 g/mol. The maximum atomic E-state index is 12.9. The second-order valence-electron chi connectivity index (χ2n) is 10.00. The van der Waals surface area contributed by atoms with E-state index in [0.717, 1.165) is 5.39 Å². The number of hydrogen-bond donors (Lipinski definition) is 3. The maximum Gasteiger partial charge on any atom is 0.573 e. The van der Waals surface area contributed by atoms with Crippen molar-refractivity contribution >= 4 is 16.9 Å². The summed E-state index contributed by atoms with van der Waals surface area (Å²) in [4.78, 5) is 12.3. The van der Waals surface area contributed by atoms with Crippen molar-refractivity contribution in [3.05, 3.63) is 48.5 Å². The fourth-order valence-electron chi connectivity index (χ4n) is 4.15. The molecule has 2 unspecified atom stereocenters. The topological polar surface area (TPSA) is 122 Å². The largest absolute Gasteiger partial charge is 0.573 e. The number of aromatic nitrogens is 1. The van der Waals surface area contributed by atoms with Gasteiger partial charge in [-0.05, 0) is 57.5 Å². The number of aliphatic hydroxyl groups excluding tert-OH is 1. The summed E-state index contributed by atoms with van der Waals surface area (Å²) in [6, 6.07) is 12.8. The summed E-state index contributed by atoms with van der Waals surface area (Å²) in [5, 5.41) is 11.0. The number of benzene rings is 2. The molecule has 0 amide bonds. The van der Waals surface area contributed by atoms with E-state index in [1.54, 1.807) is 61.9 Å². The van der Waals surface area contributed by atoms with Crippen molar-refractivity contribution in [3.63, 3.8) is 0 Å². The first kappa shape index (κ1) is 28.3. The van der Waals surface area contributed by atoms with Crippen molar-refractivity contribution in [1.82, 2.24) is 4.57 Å². The second kappa shape index (κ2) is 10.6. The third-order valence-corrected chi connectivity index (χ3v) is 5.54. The summed E-state index contributed by atoms with van der Waals surface area (Å²) >= 11 is 0. The van der Waals surface area contributed by atoms with Gasteiger partial charge >= 0.3 is 12.3 Å². The van der Waals surface area contributed by atoms with Crippen LogP contribution < -0.4 is 20.9 Å². The molecule has 0 saturated carbocycles. The smallest absolute Gasteiger partial charge is 0.491 e. The molecule has 0 bridgehead atoms. The van der Waals surface area contributed by atoms with Crippen LogP contribution in [0.5, 0.6) is 11.5 Å². The summed E-state index contributed by atoms with van der Waals surface area (Å²) in [7, 11) is 1.71. The van der Waals surface area contributed by atoms with Crippen molar-refractivity contribution in [2.24, 2.45) is 18.5 Å². The number of nitrogens with zero attached hydrogens (tertiary/aromatic N) is 1. The van der Waals surface area contributed by atoms with Crippen LogP contribution in [-0.2, 0) is 16.6 Å². The highest BCUT2D eigenvalue weighted by atomic mass is 19.4. The SMILES string of the molecule is Cn1c(-c2ccccc2OC(F)(F)F)cc2ccc(OCC(O)COC(=O)C(C)(N)CC(C)(C)N)cc21. The average Bonchev–Trinajstić information content (AvgIpc) is 3.09. The Hall–Kier alpha value is -3.28. The third-order valence-electron chi connectivity index (χ3n) is 5.54. The van der Waals surface area contributed by atoms with E-state index in [-0.39, 0.29) is 30.9 Å². The summed E-state index contributed by atoms with van der Waals surface area (Å²) in [6.07, 6.45) is -5.74. The van der Waals surface area contributed by atoms with E-state index in [0.29, 0.717) is 17.0 Å². The lowest BCUT2D eigenvalue weighted by atomic mass is 9.87.